The molecule has 0 heterocycles. The van der Waals surface area contributed by atoms with Crippen LogP contribution in [0.1, 0.15) is 440 Å². The van der Waals surface area contributed by atoms with E-state index in [1.807, 2.05) is 0 Å². The van der Waals surface area contributed by atoms with Crippen molar-refractivity contribution in [3.8, 4) is 0 Å². The lowest BCUT2D eigenvalue weighted by atomic mass is 9.90. The molecule has 2 N–H and O–H groups in total. The molecule has 0 rings (SSSR count). The van der Waals surface area contributed by atoms with Gasteiger partial charge in [-0.05, 0) is 173 Å². The normalized spacial score (nSPS) is 13.0. The Kier molecular flexibility index (Phi) is 73.1. The van der Waals surface area contributed by atoms with E-state index >= 15 is 0 Å². The lowest BCUT2D eigenvalue weighted by molar-refractivity contribution is -0.151. The molecule has 12 heteroatoms. The minimum Gasteiger partial charge on any atom is -0.462 e. The third-order valence-electron chi connectivity index (χ3n) is 20.5. The summed E-state index contributed by atoms with van der Waals surface area (Å²) in [6, 6.07) is 0. The third-order valence-corrected chi connectivity index (χ3v) is 20.5. The molecule has 0 fully saturated rings. The van der Waals surface area contributed by atoms with Crippen LogP contribution in [0.5, 0.6) is 0 Å². The highest BCUT2D eigenvalue weighted by Crippen LogP contribution is 2.26. The average Bonchev–Trinajstić information content (AvgIpc) is 3.56. The van der Waals surface area contributed by atoms with Crippen molar-refractivity contribution in [3.05, 3.63) is 0 Å². The monoisotopic (exact) mass is 1380 g/mol. The first-order valence-electron chi connectivity index (χ1n) is 43.0. The van der Waals surface area contributed by atoms with Gasteiger partial charge in [0.15, 0.2) is 0 Å². The van der Waals surface area contributed by atoms with Crippen molar-refractivity contribution in [1.82, 2.24) is 9.80 Å². The Balaban J connectivity index is 4.58. The van der Waals surface area contributed by atoms with Gasteiger partial charge in [0, 0.05) is 38.8 Å². The largest absolute Gasteiger partial charge is 0.462 e. The number of carbonyl (C=O) groups excluding carboxylic acids is 4. The molecule has 0 saturated carbocycles. The van der Waals surface area contributed by atoms with Gasteiger partial charge in [0.05, 0.1) is 13.2 Å². The summed E-state index contributed by atoms with van der Waals surface area (Å²) in [5.74, 6) is 0.616. The first-order chi connectivity index (χ1) is 47.5. The fourth-order valence-electron chi connectivity index (χ4n) is 14.3. The number of nitrogens with zero attached hydrogens (tertiary/aromatic N) is 2. The maximum absolute atomic E-state index is 13.2. The van der Waals surface area contributed by atoms with Crippen LogP contribution in [0, 0.1) is 5.92 Å². The molecule has 97 heavy (non-hydrogen) atoms. The minimum absolute atomic E-state index is 0.0209. The van der Waals surface area contributed by atoms with Crippen molar-refractivity contribution < 1.29 is 48.3 Å². The van der Waals surface area contributed by atoms with Crippen molar-refractivity contribution in [2.24, 2.45) is 5.92 Å². The van der Waals surface area contributed by atoms with E-state index in [-0.39, 0.29) is 61.5 Å². The predicted octanol–water partition coefficient (Wildman–Crippen LogP) is 23.8. The van der Waals surface area contributed by atoms with E-state index < -0.39 is 0 Å². The quantitative estimate of drug-likeness (QED) is 0.0339. The molecule has 0 aromatic heterocycles. The number of esters is 4. The van der Waals surface area contributed by atoms with Crippen molar-refractivity contribution >= 4 is 23.9 Å². The van der Waals surface area contributed by atoms with Crippen LogP contribution < -0.4 is 0 Å². The van der Waals surface area contributed by atoms with Crippen LogP contribution in [0.2, 0.25) is 0 Å². The number of aliphatic hydroxyl groups excluding tert-OH is 2. The lowest BCUT2D eigenvalue weighted by Gasteiger charge is -2.21. The second-order valence-electron chi connectivity index (χ2n) is 29.9. The molecule has 0 spiro atoms. The zero-order valence-corrected chi connectivity index (χ0v) is 65.7. The molecular weight excluding hydrogens is 1210 g/mol. The first-order valence-corrected chi connectivity index (χ1v) is 43.0. The smallest absolute Gasteiger partial charge is 0.306 e. The maximum atomic E-state index is 13.2. The fraction of sp³-hybridized carbons (Fsp3) is 0.953. The molecule has 0 aromatic rings. The number of rotatable bonds is 79. The van der Waals surface area contributed by atoms with E-state index in [9.17, 15) is 29.4 Å². The second kappa shape index (κ2) is 74.9. The van der Waals surface area contributed by atoms with E-state index in [1.54, 1.807) is 0 Å². The summed E-state index contributed by atoms with van der Waals surface area (Å²) in [6.07, 6.45) is 67.2. The summed E-state index contributed by atoms with van der Waals surface area (Å²) >= 11 is 0. The SMILES string of the molecule is CCCCCCCCC(CC)OC(=O)CCCCCN(CCO)CCCCCC(=O)OC(CCCCCCCC)CCCCCCCCC(CCC)CCCCC(CCC)OC(=O)CCCCCN(CCO)CCCCCC(=O)OC(CCCCCCCC)CCCCCCCC. The van der Waals surface area contributed by atoms with Crippen molar-refractivity contribution in [2.45, 2.75) is 465 Å². The maximum Gasteiger partial charge on any atom is 0.306 e. The van der Waals surface area contributed by atoms with Gasteiger partial charge in [0.1, 0.15) is 24.4 Å². The van der Waals surface area contributed by atoms with Gasteiger partial charge in [-0.2, -0.15) is 0 Å². The standard InChI is InChI=1S/C85H166N2O10/c1-8-15-19-23-30-40-59-78(14-7)94-82(90)65-45-35-51-69-86(73-75-88)71-53-38-48-68-85(93)97-81(62-43-33-26-22-18-11-4)63-44-34-28-27-29-39-57-77(55-12-5)58-49-50-64-79(56-13-6)95-83(91)66-46-36-52-70-87(74-76-89)72-54-37-47-67-84(92)96-80(60-41-31-24-20-16-9-2)61-42-32-25-21-17-10-3/h77-81,88-89H,8-76H2,1-7H3. The van der Waals surface area contributed by atoms with Crippen molar-refractivity contribution in [1.29, 1.82) is 0 Å². The Labute approximate surface area is 602 Å². The molecule has 12 nitrogen and oxygen atoms in total. The Morgan fingerprint density at radius 1 is 0.237 bits per heavy atom. The number of hydrogen-bond donors (Lipinski definition) is 2. The Bertz CT molecular complexity index is 1650. The van der Waals surface area contributed by atoms with Crippen LogP contribution in [-0.2, 0) is 38.1 Å². The molecule has 0 aliphatic rings. The number of hydrogen-bond acceptors (Lipinski definition) is 12. The van der Waals surface area contributed by atoms with Gasteiger partial charge in [-0.15, -0.1) is 0 Å². The molecule has 0 bridgehead atoms. The van der Waals surface area contributed by atoms with Crippen LogP contribution in [0.15, 0.2) is 0 Å². The van der Waals surface area contributed by atoms with E-state index in [4.69, 9.17) is 18.9 Å². The molecule has 0 radical (unpaired) electrons. The van der Waals surface area contributed by atoms with Gasteiger partial charge in [0.25, 0.3) is 0 Å². The summed E-state index contributed by atoms with van der Waals surface area (Å²) in [5.41, 5.74) is 0. The molecule has 0 saturated heterocycles. The van der Waals surface area contributed by atoms with Gasteiger partial charge in [0.2, 0.25) is 0 Å². The molecule has 4 atom stereocenters. The molecule has 0 aromatic carbocycles. The number of carbonyl (C=O) groups is 4. The average molecular weight is 1380 g/mol. The van der Waals surface area contributed by atoms with E-state index in [1.165, 1.54) is 193 Å². The Morgan fingerprint density at radius 3 is 0.742 bits per heavy atom. The molecule has 0 amide bonds. The highest BCUT2D eigenvalue weighted by atomic mass is 16.6. The molecule has 576 valence electrons. The highest BCUT2D eigenvalue weighted by Gasteiger charge is 2.19. The van der Waals surface area contributed by atoms with E-state index in [0.29, 0.717) is 38.8 Å². The molecular formula is C85H166N2O10. The van der Waals surface area contributed by atoms with E-state index in [0.717, 1.165) is 205 Å². The van der Waals surface area contributed by atoms with Crippen LogP contribution in [0.25, 0.3) is 0 Å². The van der Waals surface area contributed by atoms with E-state index in [2.05, 4.69) is 58.3 Å². The van der Waals surface area contributed by atoms with Crippen LogP contribution in [0.3, 0.4) is 0 Å². The number of unbranched alkanes of at least 4 members (excludes halogenated alkanes) is 34. The molecule has 4 unspecified atom stereocenters. The summed E-state index contributed by atoms with van der Waals surface area (Å²) < 4.78 is 24.2. The van der Waals surface area contributed by atoms with Crippen LogP contribution in [0.4, 0.5) is 0 Å². The summed E-state index contributed by atoms with van der Waals surface area (Å²) in [5, 5.41) is 19.5. The summed E-state index contributed by atoms with van der Waals surface area (Å²) in [7, 11) is 0. The zero-order valence-electron chi connectivity index (χ0n) is 65.7. The summed E-state index contributed by atoms with van der Waals surface area (Å²) in [4.78, 5) is 56.4. The number of aliphatic hydroxyl groups is 2. The highest BCUT2D eigenvalue weighted by molar-refractivity contribution is 5.70. The summed E-state index contributed by atoms with van der Waals surface area (Å²) in [6.45, 7) is 20.9. The second-order valence-corrected chi connectivity index (χ2v) is 29.9. The van der Waals surface area contributed by atoms with Crippen molar-refractivity contribution in [3.63, 3.8) is 0 Å². The van der Waals surface area contributed by atoms with Crippen LogP contribution in [-0.4, -0.2) is 121 Å². The Morgan fingerprint density at radius 2 is 0.464 bits per heavy atom. The van der Waals surface area contributed by atoms with Gasteiger partial charge in [-0.25, -0.2) is 0 Å². The van der Waals surface area contributed by atoms with Gasteiger partial charge in [-0.3, -0.25) is 19.2 Å². The molecule has 0 aliphatic carbocycles. The minimum atomic E-state index is -0.0551. The van der Waals surface area contributed by atoms with Crippen molar-refractivity contribution in [2.75, 3.05) is 52.5 Å². The van der Waals surface area contributed by atoms with Gasteiger partial charge < -0.3 is 39.0 Å². The number of ether oxygens (including phenoxy) is 4. The first kappa shape index (κ1) is 94.7. The van der Waals surface area contributed by atoms with Gasteiger partial charge >= 0.3 is 23.9 Å². The van der Waals surface area contributed by atoms with Crippen LogP contribution >= 0.6 is 0 Å². The predicted molar refractivity (Wildman–Crippen MR) is 411 cm³/mol. The zero-order chi connectivity index (χ0) is 71.0. The topological polar surface area (TPSA) is 152 Å². The molecule has 0 aliphatic heterocycles. The van der Waals surface area contributed by atoms with Gasteiger partial charge in [-0.1, -0.05) is 273 Å². The third kappa shape index (κ3) is 65.5. The lowest BCUT2D eigenvalue weighted by Crippen LogP contribution is -2.29. The Hall–Kier alpha value is -2.28. The fourth-order valence-corrected chi connectivity index (χ4v) is 14.3.